The monoisotopic (exact) mass is 515 g/mol. The number of aryl methyl sites for hydroxylation is 1. The molecule has 0 saturated carbocycles. The van der Waals surface area contributed by atoms with Crippen molar-refractivity contribution in [2.75, 3.05) is 11.5 Å². The molecule has 0 bridgehead atoms. The lowest BCUT2D eigenvalue weighted by atomic mass is 9.98. The number of benzene rings is 2. The fraction of sp³-hybridized carbons (Fsp3) is 0.310. The molecule has 0 aliphatic carbocycles. The SMILES string of the molecule is C[C@H](O)c1nccn1Cc1cc(-c2ccc(C#Cc3ccc(CCC4CCS(=O)(=O)C4)cc3)cc2)on1. The first-order valence-corrected chi connectivity index (χ1v) is 14.2. The van der Waals surface area contributed by atoms with E-state index in [-0.39, 0.29) is 5.92 Å². The van der Waals surface area contributed by atoms with Gasteiger partial charge >= 0.3 is 0 Å². The van der Waals surface area contributed by atoms with Gasteiger partial charge in [0.25, 0.3) is 0 Å². The number of aliphatic hydroxyl groups excluding tert-OH is 1. The minimum absolute atomic E-state index is 0.288. The molecule has 2 aromatic carbocycles. The van der Waals surface area contributed by atoms with Gasteiger partial charge in [-0.05, 0) is 74.1 Å². The van der Waals surface area contributed by atoms with Crippen molar-refractivity contribution in [1.82, 2.24) is 14.7 Å². The summed E-state index contributed by atoms with van der Waals surface area (Å²) in [6.07, 6.45) is 5.40. The molecule has 5 rings (SSSR count). The normalized spacial score (nSPS) is 17.3. The number of aromatic nitrogens is 3. The van der Waals surface area contributed by atoms with E-state index in [0.717, 1.165) is 41.6 Å². The van der Waals surface area contributed by atoms with Crippen LogP contribution in [-0.4, -0.2) is 39.7 Å². The van der Waals surface area contributed by atoms with Crippen LogP contribution in [0, 0.1) is 17.8 Å². The molecule has 0 spiro atoms. The van der Waals surface area contributed by atoms with Gasteiger partial charge in [0, 0.05) is 35.2 Å². The molecule has 1 fully saturated rings. The maximum absolute atomic E-state index is 11.6. The molecule has 4 aromatic rings. The van der Waals surface area contributed by atoms with Gasteiger partial charge in [-0.2, -0.15) is 0 Å². The number of hydrogen-bond donors (Lipinski definition) is 1. The Hall–Kier alpha value is -3.67. The summed E-state index contributed by atoms with van der Waals surface area (Å²) in [5, 5.41) is 14.0. The zero-order valence-electron chi connectivity index (χ0n) is 20.7. The minimum Gasteiger partial charge on any atom is -0.385 e. The second kappa shape index (κ2) is 10.8. The van der Waals surface area contributed by atoms with Crippen LogP contribution in [0.25, 0.3) is 11.3 Å². The molecule has 1 saturated heterocycles. The topological polar surface area (TPSA) is 98.2 Å². The highest BCUT2D eigenvalue weighted by molar-refractivity contribution is 7.91. The predicted octanol–water partition coefficient (Wildman–Crippen LogP) is 4.41. The van der Waals surface area contributed by atoms with Crippen molar-refractivity contribution in [1.29, 1.82) is 0 Å². The zero-order chi connectivity index (χ0) is 25.8. The summed E-state index contributed by atoms with van der Waals surface area (Å²) in [6, 6.07) is 17.9. The number of rotatable bonds is 7. The van der Waals surface area contributed by atoms with Crippen LogP contribution in [0.4, 0.5) is 0 Å². The van der Waals surface area contributed by atoms with Crippen molar-refractivity contribution in [2.24, 2.45) is 5.92 Å². The number of aliphatic hydroxyl groups is 1. The van der Waals surface area contributed by atoms with Gasteiger partial charge in [0.15, 0.2) is 15.6 Å². The molecular weight excluding hydrogens is 486 g/mol. The minimum atomic E-state index is -2.81. The van der Waals surface area contributed by atoms with Crippen molar-refractivity contribution in [3.8, 4) is 23.2 Å². The highest BCUT2D eigenvalue weighted by atomic mass is 32.2. The molecule has 1 N–H and O–H groups in total. The third-order valence-electron chi connectivity index (χ3n) is 6.66. The van der Waals surface area contributed by atoms with E-state index in [1.807, 2.05) is 53.2 Å². The Morgan fingerprint density at radius 1 is 1.11 bits per heavy atom. The standard InChI is InChI=1S/C29H29N3O4S/c1-21(33)29-30-15-16-32(29)19-27-18-28(36-31-27)26-12-10-24(11-13-26)7-6-22-2-4-23(5-3-22)8-9-25-14-17-37(34,35)20-25/h2-5,10-13,15-16,18,21,25,33H,8-9,14,17,19-20H2,1H3/t21-,25?/m0/s1. The average Bonchev–Trinajstić information content (AvgIpc) is 3.63. The Balaban J connectivity index is 1.17. The van der Waals surface area contributed by atoms with Crippen LogP contribution >= 0.6 is 0 Å². The summed E-state index contributed by atoms with van der Waals surface area (Å²) in [5.41, 5.74) is 4.70. The molecule has 7 nitrogen and oxygen atoms in total. The van der Waals surface area contributed by atoms with Crippen LogP contribution in [-0.2, 0) is 22.8 Å². The Kier molecular flexibility index (Phi) is 7.26. The quantitative estimate of drug-likeness (QED) is 0.366. The predicted molar refractivity (Wildman–Crippen MR) is 141 cm³/mol. The summed E-state index contributed by atoms with van der Waals surface area (Å²) >= 11 is 0. The molecular formula is C29H29N3O4S. The van der Waals surface area contributed by atoms with Crippen molar-refractivity contribution in [2.45, 2.75) is 38.8 Å². The Morgan fingerprint density at radius 2 is 1.81 bits per heavy atom. The number of hydrogen-bond acceptors (Lipinski definition) is 6. The first-order valence-electron chi connectivity index (χ1n) is 12.4. The molecule has 2 atom stereocenters. The summed E-state index contributed by atoms with van der Waals surface area (Å²) in [5.74, 6) is 8.62. The summed E-state index contributed by atoms with van der Waals surface area (Å²) in [7, 11) is -2.81. The van der Waals surface area contributed by atoms with Gasteiger partial charge in [-0.3, -0.25) is 0 Å². The van der Waals surface area contributed by atoms with Crippen LogP contribution in [0.3, 0.4) is 0 Å². The fourth-order valence-corrected chi connectivity index (χ4v) is 6.52. The van der Waals surface area contributed by atoms with Crippen LogP contribution in [0.15, 0.2) is 71.5 Å². The van der Waals surface area contributed by atoms with E-state index >= 15 is 0 Å². The van der Waals surface area contributed by atoms with Crippen LogP contribution in [0.5, 0.6) is 0 Å². The van der Waals surface area contributed by atoms with E-state index < -0.39 is 15.9 Å². The highest BCUT2D eigenvalue weighted by Gasteiger charge is 2.27. The third kappa shape index (κ3) is 6.37. The van der Waals surface area contributed by atoms with Crippen molar-refractivity contribution < 1.29 is 18.0 Å². The van der Waals surface area contributed by atoms with E-state index in [2.05, 4.69) is 34.1 Å². The van der Waals surface area contributed by atoms with Gasteiger partial charge in [-0.15, -0.1) is 0 Å². The molecule has 0 radical (unpaired) electrons. The summed E-state index contributed by atoms with van der Waals surface area (Å²) in [4.78, 5) is 4.18. The molecule has 8 heteroatoms. The van der Waals surface area contributed by atoms with Gasteiger partial charge in [-0.1, -0.05) is 29.1 Å². The molecule has 190 valence electrons. The van der Waals surface area contributed by atoms with Gasteiger partial charge in [0.05, 0.1) is 18.1 Å². The molecule has 0 amide bonds. The van der Waals surface area contributed by atoms with Crippen molar-refractivity contribution in [3.05, 3.63) is 95.2 Å². The molecule has 2 aromatic heterocycles. The largest absolute Gasteiger partial charge is 0.385 e. The molecule has 3 heterocycles. The first-order chi connectivity index (χ1) is 17.8. The Morgan fingerprint density at radius 3 is 2.46 bits per heavy atom. The third-order valence-corrected chi connectivity index (χ3v) is 8.49. The van der Waals surface area contributed by atoms with E-state index in [9.17, 15) is 13.5 Å². The van der Waals surface area contributed by atoms with E-state index in [1.54, 1.807) is 13.1 Å². The fourth-order valence-electron chi connectivity index (χ4n) is 4.61. The summed E-state index contributed by atoms with van der Waals surface area (Å²) in [6.45, 7) is 2.15. The Bertz CT molecular complexity index is 1520. The van der Waals surface area contributed by atoms with Gasteiger partial charge in [0.1, 0.15) is 17.6 Å². The highest BCUT2D eigenvalue weighted by Crippen LogP contribution is 2.24. The summed E-state index contributed by atoms with van der Waals surface area (Å²) < 4.78 is 30.6. The van der Waals surface area contributed by atoms with E-state index in [4.69, 9.17) is 4.52 Å². The van der Waals surface area contributed by atoms with E-state index in [1.165, 1.54) is 5.56 Å². The second-order valence-corrected chi connectivity index (χ2v) is 11.8. The Labute approximate surface area is 217 Å². The lowest BCUT2D eigenvalue weighted by molar-refractivity contribution is 0.184. The number of nitrogens with zero attached hydrogens (tertiary/aromatic N) is 3. The van der Waals surface area contributed by atoms with Crippen LogP contribution < -0.4 is 0 Å². The number of sulfone groups is 1. The lowest BCUT2D eigenvalue weighted by Gasteiger charge is -2.07. The molecule has 1 unspecified atom stereocenters. The first kappa shape index (κ1) is 25.0. The molecule has 37 heavy (non-hydrogen) atoms. The maximum atomic E-state index is 11.6. The van der Waals surface area contributed by atoms with Crippen LogP contribution in [0.1, 0.15) is 54.1 Å². The van der Waals surface area contributed by atoms with Crippen molar-refractivity contribution in [3.63, 3.8) is 0 Å². The smallest absolute Gasteiger partial charge is 0.167 e. The lowest BCUT2D eigenvalue weighted by Crippen LogP contribution is -2.07. The van der Waals surface area contributed by atoms with Crippen LogP contribution in [0.2, 0.25) is 0 Å². The van der Waals surface area contributed by atoms with Crippen molar-refractivity contribution >= 4 is 9.84 Å². The average molecular weight is 516 g/mol. The second-order valence-electron chi connectivity index (χ2n) is 9.60. The van der Waals surface area contributed by atoms with Gasteiger partial charge in [-0.25, -0.2) is 13.4 Å². The maximum Gasteiger partial charge on any atom is 0.167 e. The van der Waals surface area contributed by atoms with E-state index in [0.29, 0.717) is 29.6 Å². The number of imidazole rings is 1. The molecule has 1 aliphatic rings. The zero-order valence-corrected chi connectivity index (χ0v) is 21.5. The molecule has 1 aliphatic heterocycles. The van der Waals surface area contributed by atoms with Gasteiger partial charge in [0.2, 0.25) is 0 Å². The van der Waals surface area contributed by atoms with Gasteiger partial charge < -0.3 is 14.2 Å².